The third-order valence-electron chi connectivity index (χ3n) is 5.03. The van der Waals surface area contributed by atoms with Gasteiger partial charge in [0.25, 0.3) is 0 Å². The van der Waals surface area contributed by atoms with E-state index in [1.54, 1.807) is 43.3 Å². The van der Waals surface area contributed by atoms with Gasteiger partial charge in [-0.1, -0.05) is 54.6 Å². The SMILES string of the molecule is C[C@@H](NS(=O)(=O)c1ccc(CCC(=O)Nc2ccc(CC#N)cc2)cc1)c1ccccc1. The van der Waals surface area contributed by atoms with E-state index in [9.17, 15) is 13.2 Å². The van der Waals surface area contributed by atoms with Crippen molar-refractivity contribution >= 4 is 21.6 Å². The lowest BCUT2D eigenvalue weighted by Gasteiger charge is -2.15. The van der Waals surface area contributed by atoms with E-state index in [1.165, 1.54) is 0 Å². The highest BCUT2D eigenvalue weighted by atomic mass is 32.2. The fourth-order valence-corrected chi connectivity index (χ4v) is 4.46. The molecule has 0 fully saturated rings. The van der Waals surface area contributed by atoms with Crippen molar-refractivity contribution in [2.24, 2.45) is 0 Å². The lowest BCUT2D eigenvalue weighted by molar-refractivity contribution is -0.116. The van der Waals surface area contributed by atoms with Crippen molar-refractivity contribution in [1.29, 1.82) is 5.26 Å². The topological polar surface area (TPSA) is 99.1 Å². The molecule has 32 heavy (non-hydrogen) atoms. The van der Waals surface area contributed by atoms with Crippen molar-refractivity contribution in [3.05, 3.63) is 95.6 Å². The lowest BCUT2D eigenvalue weighted by Crippen LogP contribution is -2.26. The summed E-state index contributed by atoms with van der Waals surface area (Å²) in [5.74, 6) is -0.131. The number of benzene rings is 3. The Bertz CT molecular complexity index is 1180. The molecule has 0 aliphatic carbocycles. The maximum atomic E-state index is 12.7. The van der Waals surface area contributed by atoms with Gasteiger partial charge in [0.05, 0.1) is 17.4 Å². The van der Waals surface area contributed by atoms with Crippen molar-refractivity contribution in [3.63, 3.8) is 0 Å². The molecule has 0 unspecified atom stereocenters. The number of anilines is 1. The number of hydrogen-bond acceptors (Lipinski definition) is 4. The number of nitrogens with zero attached hydrogens (tertiary/aromatic N) is 1. The summed E-state index contributed by atoms with van der Waals surface area (Å²) in [7, 11) is -3.65. The number of rotatable bonds is 9. The Hall–Kier alpha value is -3.47. The normalized spacial score (nSPS) is 12.0. The largest absolute Gasteiger partial charge is 0.326 e. The van der Waals surface area contributed by atoms with Gasteiger partial charge >= 0.3 is 0 Å². The smallest absolute Gasteiger partial charge is 0.241 e. The van der Waals surface area contributed by atoms with E-state index < -0.39 is 10.0 Å². The molecule has 7 heteroatoms. The molecule has 1 atom stereocenters. The minimum atomic E-state index is -3.65. The minimum absolute atomic E-state index is 0.131. The van der Waals surface area contributed by atoms with Crippen molar-refractivity contribution in [2.45, 2.75) is 37.1 Å². The summed E-state index contributed by atoms with van der Waals surface area (Å²) >= 11 is 0. The van der Waals surface area contributed by atoms with Gasteiger partial charge in [0.2, 0.25) is 15.9 Å². The van der Waals surface area contributed by atoms with Crippen LogP contribution in [0.25, 0.3) is 0 Å². The number of hydrogen-bond donors (Lipinski definition) is 2. The first-order valence-electron chi connectivity index (χ1n) is 10.3. The van der Waals surface area contributed by atoms with Gasteiger partial charge < -0.3 is 5.32 Å². The van der Waals surface area contributed by atoms with Crippen molar-refractivity contribution in [2.75, 3.05) is 5.32 Å². The molecule has 3 rings (SSSR count). The average Bonchev–Trinajstić information content (AvgIpc) is 2.80. The molecule has 0 aliphatic heterocycles. The molecule has 0 radical (unpaired) electrons. The first kappa shape index (κ1) is 23.2. The van der Waals surface area contributed by atoms with Crippen LogP contribution in [-0.4, -0.2) is 14.3 Å². The van der Waals surface area contributed by atoms with E-state index in [-0.39, 0.29) is 23.3 Å². The predicted octanol–water partition coefficient (Wildman–Crippen LogP) is 4.36. The van der Waals surface area contributed by atoms with Crippen LogP contribution in [0, 0.1) is 11.3 Å². The summed E-state index contributed by atoms with van der Waals surface area (Å²) in [4.78, 5) is 12.4. The molecule has 1 amide bonds. The number of amides is 1. The molecule has 0 spiro atoms. The molecule has 0 aliphatic rings. The van der Waals surface area contributed by atoms with Gasteiger partial charge in [-0.15, -0.1) is 0 Å². The fourth-order valence-electron chi connectivity index (χ4n) is 3.22. The van der Waals surface area contributed by atoms with Crippen LogP contribution in [0.1, 0.15) is 36.1 Å². The van der Waals surface area contributed by atoms with Crippen LogP contribution in [0.4, 0.5) is 5.69 Å². The molecule has 0 saturated carbocycles. The third-order valence-corrected chi connectivity index (χ3v) is 6.58. The highest BCUT2D eigenvalue weighted by molar-refractivity contribution is 7.89. The van der Waals surface area contributed by atoms with Gasteiger partial charge in [0, 0.05) is 18.2 Å². The second-order valence-corrected chi connectivity index (χ2v) is 9.19. The second-order valence-electron chi connectivity index (χ2n) is 7.48. The van der Waals surface area contributed by atoms with Gasteiger partial charge in [-0.2, -0.15) is 5.26 Å². The molecule has 0 bridgehead atoms. The molecule has 2 N–H and O–H groups in total. The van der Waals surface area contributed by atoms with Crippen LogP contribution in [-0.2, 0) is 27.7 Å². The molecular weight excluding hydrogens is 422 g/mol. The molecule has 0 heterocycles. The summed E-state index contributed by atoms with van der Waals surface area (Å²) in [6.07, 6.45) is 1.10. The summed E-state index contributed by atoms with van der Waals surface area (Å²) in [5.41, 5.74) is 3.34. The van der Waals surface area contributed by atoms with Crippen LogP contribution < -0.4 is 10.0 Å². The van der Waals surface area contributed by atoms with Crippen molar-refractivity contribution < 1.29 is 13.2 Å². The maximum absolute atomic E-state index is 12.7. The standard InChI is InChI=1S/C25H25N3O3S/c1-19(22-5-3-2-4-6-22)28-32(30,31)24-14-9-20(10-15-24)11-16-25(29)27-23-12-7-21(8-13-23)17-18-26/h2-10,12-15,19,28H,11,16-17H2,1H3,(H,27,29)/t19-/m1/s1. The zero-order chi connectivity index (χ0) is 23.0. The highest BCUT2D eigenvalue weighted by Gasteiger charge is 2.18. The van der Waals surface area contributed by atoms with Gasteiger partial charge in [-0.3, -0.25) is 4.79 Å². The van der Waals surface area contributed by atoms with E-state index in [0.29, 0.717) is 18.5 Å². The van der Waals surface area contributed by atoms with Gasteiger partial charge in [-0.25, -0.2) is 13.1 Å². The first-order valence-corrected chi connectivity index (χ1v) is 11.8. The minimum Gasteiger partial charge on any atom is -0.326 e. The zero-order valence-electron chi connectivity index (χ0n) is 17.8. The third kappa shape index (κ3) is 6.51. The van der Waals surface area contributed by atoms with Crippen LogP contribution >= 0.6 is 0 Å². The summed E-state index contributed by atoms with van der Waals surface area (Å²) in [5, 5.41) is 11.5. The molecule has 0 saturated heterocycles. The zero-order valence-corrected chi connectivity index (χ0v) is 18.6. The van der Waals surface area contributed by atoms with Crippen LogP contribution in [0.2, 0.25) is 0 Å². The quantitative estimate of drug-likeness (QED) is 0.509. The molecule has 0 aromatic heterocycles. The van der Waals surface area contributed by atoms with Crippen LogP contribution in [0.15, 0.2) is 83.8 Å². The number of carbonyl (C=O) groups excluding carboxylic acids is 1. The molecule has 3 aromatic carbocycles. The van der Waals surface area contributed by atoms with E-state index in [0.717, 1.165) is 16.7 Å². The number of aryl methyl sites for hydroxylation is 1. The number of nitriles is 1. The Labute approximate surface area is 189 Å². The number of sulfonamides is 1. The lowest BCUT2D eigenvalue weighted by atomic mass is 10.1. The first-order chi connectivity index (χ1) is 15.4. The van der Waals surface area contributed by atoms with E-state index in [2.05, 4.69) is 16.1 Å². The van der Waals surface area contributed by atoms with Gasteiger partial charge in [0.1, 0.15) is 0 Å². The molecule has 3 aromatic rings. The Balaban J connectivity index is 1.53. The second kappa shape index (κ2) is 10.7. The number of nitrogens with one attached hydrogen (secondary N) is 2. The van der Waals surface area contributed by atoms with Gasteiger partial charge in [-0.05, 0) is 54.3 Å². The van der Waals surface area contributed by atoms with Gasteiger partial charge in [0.15, 0.2) is 0 Å². The number of carbonyl (C=O) groups is 1. The van der Waals surface area contributed by atoms with Crippen molar-refractivity contribution in [3.8, 4) is 6.07 Å². The molecule has 164 valence electrons. The Morgan fingerprint density at radius 3 is 2.19 bits per heavy atom. The fraction of sp³-hybridized carbons (Fsp3) is 0.200. The maximum Gasteiger partial charge on any atom is 0.241 e. The summed E-state index contributed by atoms with van der Waals surface area (Å²) in [6, 6.07) is 24.8. The van der Waals surface area contributed by atoms with Crippen LogP contribution in [0.5, 0.6) is 0 Å². The summed E-state index contributed by atoms with van der Waals surface area (Å²) < 4.78 is 28.0. The van der Waals surface area contributed by atoms with Crippen LogP contribution in [0.3, 0.4) is 0 Å². The Morgan fingerprint density at radius 1 is 0.938 bits per heavy atom. The highest BCUT2D eigenvalue weighted by Crippen LogP contribution is 2.18. The Morgan fingerprint density at radius 2 is 1.56 bits per heavy atom. The summed E-state index contributed by atoms with van der Waals surface area (Å²) in [6.45, 7) is 1.80. The monoisotopic (exact) mass is 447 g/mol. The average molecular weight is 448 g/mol. The Kier molecular flexibility index (Phi) is 7.77. The predicted molar refractivity (Wildman–Crippen MR) is 124 cm³/mol. The molecular formula is C25H25N3O3S. The van der Waals surface area contributed by atoms with E-state index in [4.69, 9.17) is 5.26 Å². The van der Waals surface area contributed by atoms with Crippen molar-refractivity contribution in [1.82, 2.24) is 4.72 Å². The van der Waals surface area contributed by atoms with E-state index >= 15 is 0 Å². The molecule has 6 nitrogen and oxygen atoms in total. The van der Waals surface area contributed by atoms with E-state index in [1.807, 2.05) is 42.5 Å².